The standard InChI is InChI=1S/C15H22O4/c1-9(7-13(16)18-4)14(17)19-15(3)8-11-5-6-12(15)10(11)2/h10-12H,1,5-8H2,2-4H3/t10-,11?,12?,15?/m1/s1. The van der Waals surface area contributed by atoms with E-state index in [4.69, 9.17) is 4.74 Å². The molecule has 0 heterocycles. The summed E-state index contributed by atoms with van der Waals surface area (Å²) in [5.41, 5.74) is -0.220. The molecular weight excluding hydrogens is 244 g/mol. The summed E-state index contributed by atoms with van der Waals surface area (Å²) in [5, 5.41) is 0. The van der Waals surface area contributed by atoms with Crippen LogP contribution in [-0.2, 0) is 19.1 Å². The second-order valence-corrected chi connectivity index (χ2v) is 6.07. The molecule has 2 fully saturated rings. The highest BCUT2D eigenvalue weighted by Gasteiger charge is 2.55. The van der Waals surface area contributed by atoms with Crippen LogP contribution in [0.4, 0.5) is 0 Å². The minimum atomic E-state index is -0.465. The molecule has 0 aromatic carbocycles. The lowest BCUT2D eigenvalue weighted by Crippen LogP contribution is -2.38. The first-order valence-electron chi connectivity index (χ1n) is 6.85. The Labute approximate surface area is 114 Å². The van der Waals surface area contributed by atoms with Gasteiger partial charge in [-0.3, -0.25) is 4.79 Å². The Bertz CT molecular complexity index is 414. The smallest absolute Gasteiger partial charge is 0.334 e. The van der Waals surface area contributed by atoms with Crippen molar-refractivity contribution in [1.82, 2.24) is 0 Å². The van der Waals surface area contributed by atoms with Crippen LogP contribution in [0.25, 0.3) is 0 Å². The fourth-order valence-corrected chi connectivity index (χ4v) is 3.79. The Kier molecular flexibility index (Phi) is 3.70. The third-order valence-electron chi connectivity index (χ3n) is 4.88. The Morgan fingerprint density at radius 2 is 2.05 bits per heavy atom. The van der Waals surface area contributed by atoms with Gasteiger partial charge in [-0.25, -0.2) is 4.79 Å². The number of carbonyl (C=O) groups excluding carboxylic acids is 2. The molecular formula is C15H22O4. The Balaban J connectivity index is 1.96. The van der Waals surface area contributed by atoms with Gasteiger partial charge in [-0.1, -0.05) is 13.5 Å². The highest BCUT2D eigenvalue weighted by atomic mass is 16.6. The third-order valence-corrected chi connectivity index (χ3v) is 4.88. The van der Waals surface area contributed by atoms with Crippen LogP contribution in [0, 0.1) is 17.8 Å². The van der Waals surface area contributed by atoms with E-state index in [1.165, 1.54) is 13.5 Å². The summed E-state index contributed by atoms with van der Waals surface area (Å²) in [6.07, 6.45) is 3.19. The molecule has 2 aliphatic carbocycles. The van der Waals surface area contributed by atoms with Gasteiger partial charge in [-0.2, -0.15) is 0 Å². The van der Waals surface area contributed by atoms with Gasteiger partial charge in [0.15, 0.2) is 0 Å². The minimum Gasteiger partial charge on any atom is -0.469 e. The number of carbonyl (C=O) groups is 2. The van der Waals surface area contributed by atoms with E-state index in [2.05, 4.69) is 18.2 Å². The Morgan fingerprint density at radius 1 is 1.37 bits per heavy atom. The first-order chi connectivity index (χ1) is 8.87. The third kappa shape index (κ3) is 2.53. The van der Waals surface area contributed by atoms with Gasteiger partial charge in [0, 0.05) is 11.5 Å². The minimum absolute atomic E-state index is 0.102. The molecule has 0 radical (unpaired) electrons. The van der Waals surface area contributed by atoms with Crippen LogP contribution in [0.1, 0.15) is 39.5 Å². The van der Waals surface area contributed by atoms with Gasteiger partial charge < -0.3 is 9.47 Å². The number of fused-ring (bicyclic) bond motifs is 2. The molecule has 19 heavy (non-hydrogen) atoms. The number of rotatable bonds is 4. The summed E-state index contributed by atoms with van der Waals surface area (Å²) < 4.78 is 10.2. The van der Waals surface area contributed by atoms with Crippen LogP contribution in [0.5, 0.6) is 0 Å². The lowest BCUT2D eigenvalue weighted by atomic mass is 9.85. The normalized spacial score (nSPS) is 36.1. The van der Waals surface area contributed by atoms with Crippen LogP contribution in [0.3, 0.4) is 0 Å². The quantitative estimate of drug-likeness (QED) is 0.579. The first-order valence-corrected chi connectivity index (χ1v) is 6.85. The first kappa shape index (κ1) is 14.1. The average Bonchev–Trinajstić information content (AvgIpc) is 2.81. The van der Waals surface area contributed by atoms with Crippen molar-refractivity contribution in [1.29, 1.82) is 0 Å². The van der Waals surface area contributed by atoms with Crippen molar-refractivity contribution in [3.8, 4) is 0 Å². The zero-order valence-corrected chi connectivity index (χ0v) is 11.9. The Morgan fingerprint density at radius 3 is 2.53 bits per heavy atom. The van der Waals surface area contributed by atoms with Crippen molar-refractivity contribution < 1.29 is 19.1 Å². The molecule has 0 aliphatic heterocycles. The van der Waals surface area contributed by atoms with E-state index in [0.29, 0.717) is 17.8 Å². The van der Waals surface area contributed by atoms with Crippen molar-refractivity contribution in [3.05, 3.63) is 12.2 Å². The SMILES string of the molecule is C=C(CC(=O)OC)C(=O)OC1(C)CC2CCC1[C@@H]2C. The van der Waals surface area contributed by atoms with Crippen molar-refractivity contribution in [2.45, 2.75) is 45.1 Å². The molecule has 4 heteroatoms. The van der Waals surface area contributed by atoms with E-state index >= 15 is 0 Å². The maximum absolute atomic E-state index is 12.0. The fraction of sp³-hybridized carbons (Fsp3) is 0.733. The van der Waals surface area contributed by atoms with Gasteiger partial charge in [-0.15, -0.1) is 0 Å². The maximum atomic E-state index is 12.0. The van der Waals surface area contributed by atoms with Crippen LogP contribution in [0.15, 0.2) is 12.2 Å². The molecule has 2 aliphatic rings. The van der Waals surface area contributed by atoms with Gasteiger partial charge in [0.05, 0.1) is 13.5 Å². The molecule has 2 saturated carbocycles. The zero-order valence-electron chi connectivity index (χ0n) is 11.9. The van der Waals surface area contributed by atoms with Gasteiger partial charge in [0.2, 0.25) is 0 Å². The molecule has 2 bridgehead atoms. The summed E-state index contributed by atoms with van der Waals surface area (Å²) in [7, 11) is 1.29. The summed E-state index contributed by atoms with van der Waals surface area (Å²) in [6.45, 7) is 7.87. The highest BCUT2D eigenvalue weighted by Crippen LogP contribution is 2.56. The molecule has 0 spiro atoms. The van der Waals surface area contributed by atoms with Crippen molar-refractivity contribution in [2.75, 3.05) is 7.11 Å². The van der Waals surface area contributed by atoms with E-state index in [0.717, 1.165) is 12.8 Å². The van der Waals surface area contributed by atoms with E-state index < -0.39 is 17.5 Å². The second kappa shape index (κ2) is 4.99. The van der Waals surface area contributed by atoms with Crippen molar-refractivity contribution in [2.24, 2.45) is 17.8 Å². The number of hydrogen-bond acceptors (Lipinski definition) is 4. The molecule has 4 atom stereocenters. The van der Waals surface area contributed by atoms with E-state index in [1.54, 1.807) is 0 Å². The van der Waals surface area contributed by atoms with Crippen molar-refractivity contribution >= 4 is 11.9 Å². The zero-order chi connectivity index (χ0) is 14.2. The van der Waals surface area contributed by atoms with Gasteiger partial charge in [-0.05, 0) is 38.0 Å². The number of hydrogen-bond donors (Lipinski definition) is 0. The molecule has 3 unspecified atom stereocenters. The van der Waals surface area contributed by atoms with Crippen molar-refractivity contribution in [3.63, 3.8) is 0 Å². The molecule has 2 rings (SSSR count). The van der Waals surface area contributed by atoms with Crippen LogP contribution in [0.2, 0.25) is 0 Å². The fourth-order valence-electron chi connectivity index (χ4n) is 3.79. The van der Waals surface area contributed by atoms with E-state index in [-0.39, 0.29) is 12.0 Å². The van der Waals surface area contributed by atoms with E-state index in [1.807, 2.05) is 6.92 Å². The topological polar surface area (TPSA) is 52.6 Å². The molecule has 0 N–H and O–H groups in total. The van der Waals surface area contributed by atoms with Crippen LogP contribution < -0.4 is 0 Å². The van der Waals surface area contributed by atoms with Crippen LogP contribution >= 0.6 is 0 Å². The van der Waals surface area contributed by atoms with Gasteiger partial charge >= 0.3 is 11.9 Å². The molecule has 0 amide bonds. The lowest BCUT2D eigenvalue weighted by Gasteiger charge is -2.34. The number of esters is 2. The molecule has 106 valence electrons. The van der Waals surface area contributed by atoms with Gasteiger partial charge in [0.25, 0.3) is 0 Å². The number of ether oxygens (including phenoxy) is 2. The number of methoxy groups -OCH3 is 1. The summed E-state index contributed by atoms with van der Waals surface area (Å²) in [6, 6.07) is 0. The summed E-state index contributed by atoms with van der Waals surface area (Å²) in [5.74, 6) is 0.789. The molecule has 0 saturated heterocycles. The molecule has 0 aromatic heterocycles. The monoisotopic (exact) mass is 266 g/mol. The molecule has 0 aromatic rings. The van der Waals surface area contributed by atoms with Gasteiger partial charge in [0.1, 0.15) is 5.60 Å². The van der Waals surface area contributed by atoms with Crippen LogP contribution in [-0.4, -0.2) is 24.6 Å². The maximum Gasteiger partial charge on any atom is 0.334 e. The lowest BCUT2D eigenvalue weighted by molar-refractivity contribution is -0.160. The predicted octanol–water partition coefficient (Wildman–Crippen LogP) is 2.47. The highest BCUT2D eigenvalue weighted by molar-refractivity contribution is 5.93. The largest absolute Gasteiger partial charge is 0.469 e. The predicted molar refractivity (Wildman–Crippen MR) is 70.3 cm³/mol. The average molecular weight is 266 g/mol. The second-order valence-electron chi connectivity index (χ2n) is 6.07. The van der Waals surface area contributed by atoms with E-state index in [9.17, 15) is 9.59 Å². The summed E-state index contributed by atoms with van der Waals surface area (Å²) in [4.78, 5) is 23.1. The Hall–Kier alpha value is -1.32. The summed E-state index contributed by atoms with van der Waals surface area (Å²) >= 11 is 0. The molecule has 4 nitrogen and oxygen atoms in total.